The third-order valence-electron chi connectivity index (χ3n) is 8.67. The fourth-order valence-electron chi connectivity index (χ4n) is 6.66. The Balaban J connectivity index is 1.15. The van der Waals surface area contributed by atoms with E-state index in [1.165, 1.54) is 17.5 Å². The largest absolute Gasteiger partial charge is 0.424 e. The molecule has 5 aliphatic rings. The first-order valence-electron chi connectivity index (χ1n) is 12.2. The molecular weight excluding hydrogens is 402 g/mol. The Morgan fingerprint density at radius 2 is 1.72 bits per heavy atom. The number of hydrogen-bond acceptors (Lipinski definition) is 7. The summed E-state index contributed by atoms with van der Waals surface area (Å²) in [5, 5.41) is 0. The van der Waals surface area contributed by atoms with Gasteiger partial charge in [0.2, 0.25) is 11.9 Å². The minimum Gasteiger partial charge on any atom is -0.424 e. The quantitative estimate of drug-likeness (QED) is 0.683. The lowest BCUT2D eigenvalue weighted by Crippen LogP contribution is -2.42. The Hall–Kier alpha value is -2.70. The van der Waals surface area contributed by atoms with Gasteiger partial charge in [0, 0.05) is 38.0 Å². The number of fused-ring (bicyclic) bond motifs is 5. The second-order valence-electron chi connectivity index (χ2n) is 10.5. The topological polar surface area (TPSA) is 71.0 Å². The number of carbonyl (C=O) groups is 1. The van der Waals surface area contributed by atoms with Gasteiger partial charge in [-0.25, -0.2) is 0 Å². The highest BCUT2D eigenvalue weighted by Crippen LogP contribution is 2.59. The number of anilines is 2. The zero-order valence-electron chi connectivity index (χ0n) is 18.6. The molecule has 4 atom stereocenters. The van der Waals surface area contributed by atoms with E-state index in [9.17, 15) is 4.79 Å². The van der Waals surface area contributed by atoms with Crippen molar-refractivity contribution in [3.63, 3.8) is 0 Å². The van der Waals surface area contributed by atoms with Crippen molar-refractivity contribution in [3.05, 3.63) is 29.3 Å². The Labute approximate surface area is 188 Å². The Morgan fingerprint density at radius 3 is 2.44 bits per heavy atom. The van der Waals surface area contributed by atoms with Gasteiger partial charge in [0.15, 0.2) is 0 Å². The van der Waals surface area contributed by atoms with E-state index in [0.717, 1.165) is 64.0 Å². The van der Waals surface area contributed by atoms with Crippen LogP contribution in [0.25, 0.3) is 0 Å². The summed E-state index contributed by atoms with van der Waals surface area (Å²) in [4.78, 5) is 30.5. The average molecular weight is 432 g/mol. The Bertz CT molecular complexity index is 1080. The smallest absolute Gasteiger partial charge is 0.328 e. The number of ether oxygens (including phenoxy) is 1. The van der Waals surface area contributed by atoms with Crippen molar-refractivity contribution in [1.82, 2.24) is 15.0 Å². The van der Waals surface area contributed by atoms with E-state index in [-0.39, 0.29) is 5.41 Å². The van der Waals surface area contributed by atoms with Gasteiger partial charge in [-0.15, -0.1) is 0 Å². The highest BCUT2D eigenvalue weighted by atomic mass is 16.5. The standard InChI is InChI=1S/C25H29N5O2/c1-25-9-8-18-17-5-3-16(14-15(17)2-4-19(18)20(25)6-7-21(25)31)32-24-27-22(29-10-11-29)26-23(28-24)30-12-13-30/h3,5,14,18-20H,2,4,6-13H2,1H3/t18-,19-,20+,25+/m1/s1. The first kappa shape index (κ1) is 18.8. The van der Waals surface area contributed by atoms with E-state index in [1.807, 2.05) is 0 Å². The Morgan fingerprint density at radius 1 is 0.969 bits per heavy atom. The molecule has 2 aromatic rings. The molecule has 1 aromatic carbocycles. The van der Waals surface area contributed by atoms with Crippen LogP contribution in [-0.4, -0.2) is 46.9 Å². The first-order chi connectivity index (χ1) is 15.6. The summed E-state index contributed by atoms with van der Waals surface area (Å²) in [6.45, 7) is 6.22. The van der Waals surface area contributed by atoms with Crippen molar-refractivity contribution in [2.45, 2.75) is 51.4 Å². The number of Topliss-reactive ketones (excluding diaryl/α,β-unsaturated/α-hetero) is 1. The van der Waals surface area contributed by atoms with Gasteiger partial charge in [0.25, 0.3) is 0 Å². The first-order valence-corrected chi connectivity index (χ1v) is 12.2. The number of nitrogens with zero attached hydrogens (tertiary/aromatic N) is 5. The van der Waals surface area contributed by atoms with E-state index >= 15 is 0 Å². The molecule has 4 fully saturated rings. The molecule has 166 valence electrons. The number of aryl methyl sites for hydroxylation is 1. The molecule has 2 aliphatic heterocycles. The molecule has 0 radical (unpaired) electrons. The third-order valence-corrected chi connectivity index (χ3v) is 8.67. The van der Waals surface area contributed by atoms with Gasteiger partial charge in [-0.3, -0.25) is 4.79 Å². The van der Waals surface area contributed by atoms with Crippen LogP contribution in [0.5, 0.6) is 11.8 Å². The van der Waals surface area contributed by atoms with Crippen LogP contribution in [0.1, 0.15) is 56.1 Å². The number of rotatable bonds is 4. The van der Waals surface area contributed by atoms with Crippen molar-refractivity contribution in [3.8, 4) is 11.8 Å². The molecule has 0 unspecified atom stereocenters. The maximum absolute atomic E-state index is 12.6. The fraction of sp³-hybridized carbons (Fsp3) is 0.600. The van der Waals surface area contributed by atoms with Crippen molar-refractivity contribution >= 4 is 17.7 Å². The second-order valence-corrected chi connectivity index (χ2v) is 10.5. The van der Waals surface area contributed by atoms with Crippen LogP contribution < -0.4 is 14.5 Å². The van der Waals surface area contributed by atoms with Crippen molar-refractivity contribution in [1.29, 1.82) is 0 Å². The number of benzene rings is 1. The summed E-state index contributed by atoms with van der Waals surface area (Å²) < 4.78 is 6.16. The van der Waals surface area contributed by atoms with E-state index < -0.39 is 0 Å². The molecule has 3 aliphatic carbocycles. The predicted octanol–water partition coefficient (Wildman–Crippen LogP) is 3.73. The van der Waals surface area contributed by atoms with Gasteiger partial charge in [0.1, 0.15) is 11.5 Å². The summed E-state index contributed by atoms with van der Waals surface area (Å²) >= 11 is 0. The highest BCUT2D eigenvalue weighted by Gasteiger charge is 2.54. The van der Waals surface area contributed by atoms with Crippen LogP contribution in [0, 0.1) is 17.3 Å². The van der Waals surface area contributed by atoms with Gasteiger partial charge in [-0.1, -0.05) is 13.0 Å². The molecule has 3 heterocycles. The van der Waals surface area contributed by atoms with E-state index in [0.29, 0.717) is 41.4 Å². The third kappa shape index (κ3) is 2.93. The SMILES string of the molecule is C[C@]12CC[C@@H]3c4ccc(Oc5nc(N6CC6)nc(N6CC6)n5)cc4CC[C@H]3[C@@H]1CCC2=O. The Kier molecular flexibility index (Phi) is 3.92. The summed E-state index contributed by atoms with van der Waals surface area (Å²) in [6.07, 6.45) is 6.28. The fourth-order valence-corrected chi connectivity index (χ4v) is 6.66. The van der Waals surface area contributed by atoms with Crippen LogP contribution in [0.3, 0.4) is 0 Å². The van der Waals surface area contributed by atoms with Gasteiger partial charge in [-0.2, -0.15) is 15.0 Å². The van der Waals surface area contributed by atoms with E-state index in [1.54, 1.807) is 0 Å². The second kappa shape index (κ2) is 6.65. The van der Waals surface area contributed by atoms with E-state index in [2.05, 4.69) is 49.9 Å². The molecule has 0 spiro atoms. The molecule has 0 amide bonds. The average Bonchev–Trinajstić information content (AvgIpc) is 3.70. The summed E-state index contributed by atoms with van der Waals surface area (Å²) in [6, 6.07) is 6.91. The van der Waals surface area contributed by atoms with Gasteiger partial charge in [-0.05, 0) is 73.1 Å². The maximum Gasteiger partial charge on any atom is 0.328 e. The van der Waals surface area contributed by atoms with Crippen molar-refractivity contribution < 1.29 is 9.53 Å². The van der Waals surface area contributed by atoms with Crippen LogP contribution in [0.2, 0.25) is 0 Å². The zero-order chi connectivity index (χ0) is 21.4. The maximum atomic E-state index is 12.6. The van der Waals surface area contributed by atoms with Crippen LogP contribution in [0.15, 0.2) is 18.2 Å². The van der Waals surface area contributed by atoms with Gasteiger partial charge < -0.3 is 14.5 Å². The molecule has 1 aromatic heterocycles. The monoisotopic (exact) mass is 431 g/mol. The van der Waals surface area contributed by atoms with Crippen LogP contribution in [-0.2, 0) is 11.2 Å². The van der Waals surface area contributed by atoms with Crippen LogP contribution in [0.4, 0.5) is 11.9 Å². The lowest BCUT2D eigenvalue weighted by atomic mass is 9.55. The summed E-state index contributed by atoms with van der Waals surface area (Å²) in [5.74, 6) is 4.54. The van der Waals surface area contributed by atoms with Gasteiger partial charge >= 0.3 is 6.01 Å². The summed E-state index contributed by atoms with van der Waals surface area (Å²) in [5.41, 5.74) is 2.80. The lowest BCUT2D eigenvalue weighted by molar-refractivity contribution is -0.129. The molecule has 7 nitrogen and oxygen atoms in total. The normalized spacial score (nSPS) is 32.3. The minimum absolute atomic E-state index is 0.0645. The molecule has 0 N–H and O–H groups in total. The molecule has 0 bridgehead atoms. The molecule has 7 rings (SSSR count). The number of ketones is 1. The molecule has 2 saturated heterocycles. The molecule has 2 saturated carbocycles. The molecule has 32 heavy (non-hydrogen) atoms. The van der Waals surface area contributed by atoms with Crippen molar-refractivity contribution in [2.24, 2.45) is 17.3 Å². The number of hydrogen-bond donors (Lipinski definition) is 0. The molecule has 7 heteroatoms. The van der Waals surface area contributed by atoms with Gasteiger partial charge in [0.05, 0.1) is 0 Å². The highest BCUT2D eigenvalue weighted by molar-refractivity contribution is 5.87. The number of aromatic nitrogens is 3. The van der Waals surface area contributed by atoms with E-state index in [4.69, 9.17) is 4.74 Å². The minimum atomic E-state index is -0.0645. The summed E-state index contributed by atoms with van der Waals surface area (Å²) in [7, 11) is 0. The lowest BCUT2D eigenvalue weighted by Gasteiger charge is -2.48. The molecular formula is C25H29N5O2. The van der Waals surface area contributed by atoms with Crippen LogP contribution >= 0.6 is 0 Å². The predicted molar refractivity (Wildman–Crippen MR) is 120 cm³/mol. The zero-order valence-corrected chi connectivity index (χ0v) is 18.6. The van der Waals surface area contributed by atoms with Crippen molar-refractivity contribution in [2.75, 3.05) is 36.0 Å². The number of carbonyl (C=O) groups excluding carboxylic acids is 1.